The lowest BCUT2D eigenvalue weighted by atomic mass is 9.99. The van der Waals surface area contributed by atoms with E-state index in [2.05, 4.69) is 27.8 Å². The summed E-state index contributed by atoms with van der Waals surface area (Å²) < 4.78 is 0. The number of aromatic amines is 1. The number of nitrogens with zero attached hydrogens (tertiary/aromatic N) is 1. The summed E-state index contributed by atoms with van der Waals surface area (Å²) >= 11 is 0. The molecule has 0 saturated heterocycles. The highest BCUT2D eigenvalue weighted by molar-refractivity contribution is 5.98. The molecule has 24 heavy (non-hydrogen) atoms. The third-order valence-electron chi connectivity index (χ3n) is 4.89. The van der Waals surface area contributed by atoms with E-state index < -0.39 is 0 Å². The average Bonchev–Trinajstić information content (AvgIpc) is 2.91. The molecular weight excluding hydrogens is 304 g/mol. The van der Waals surface area contributed by atoms with E-state index >= 15 is 0 Å². The number of aromatic nitrogens is 1. The van der Waals surface area contributed by atoms with Crippen molar-refractivity contribution in [1.29, 1.82) is 0 Å². The topological polar surface area (TPSA) is 77.2 Å². The summed E-state index contributed by atoms with van der Waals surface area (Å²) in [6.07, 6.45) is 0.839. The quantitative estimate of drug-likeness (QED) is 0.750. The first kappa shape index (κ1) is 14.8. The zero-order valence-electron chi connectivity index (χ0n) is 13.8. The Labute approximate surface area is 139 Å². The van der Waals surface area contributed by atoms with Gasteiger partial charge in [0.2, 0.25) is 0 Å². The van der Waals surface area contributed by atoms with Crippen molar-refractivity contribution in [3.63, 3.8) is 0 Å². The molecule has 1 aromatic heterocycles. The van der Waals surface area contributed by atoms with Gasteiger partial charge < -0.3 is 20.5 Å². The Morgan fingerprint density at radius 2 is 2.08 bits per heavy atom. The van der Waals surface area contributed by atoms with Crippen LogP contribution in [0, 0.1) is 0 Å². The fourth-order valence-corrected chi connectivity index (χ4v) is 3.75. The van der Waals surface area contributed by atoms with Crippen molar-refractivity contribution in [2.24, 2.45) is 0 Å². The number of nitrogens with one attached hydrogen (secondary N) is 3. The number of para-hydroxylation sites is 1. The van der Waals surface area contributed by atoms with Crippen molar-refractivity contribution in [3.05, 3.63) is 46.8 Å². The summed E-state index contributed by atoms with van der Waals surface area (Å²) in [4.78, 5) is 29.8. The molecule has 3 heterocycles. The van der Waals surface area contributed by atoms with Crippen LogP contribution in [0.2, 0.25) is 0 Å². The van der Waals surface area contributed by atoms with Crippen LogP contribution >= 0.6 is 0 Å². The van der Waals surface area contributed by atoms with Crippen LogP contribution in [-0.2, 0) is 17.8 Å². The first-order chi connectivity index (χ1) is 11.5. The third kappa shape index (κ3) is 2.26. The zero-order chi connectivity index (χ0) is 16.8. The number of hydrogen-bond acceptors (Lipinski definition) is 2. The first-order valence-electron chi connectivity index (χ1n) is 8.20. The lowest BCUT2D eigenvalue weighted by Crippen LogP contribution is -2.51. The average molecular weight is 324 g/mol. The summed E-state index contributed by atoms with van der Waals surface area (Å²) in [5.41, 5.74) is 4.80. The van der Waals surface area contributed by atoms with E-state index in [1.54, 1.807) is 6.92 Å². The number of rotatable bonds is 1. The van der Waals surface area contributed by atoms with Crippen LogP contribution in [0.15, 0.2) is 35.5 Å². The van der Waals surface area contributed by atoms with Gasteiger partial charge in [-0.2, -0.15) is 0 Å². The molecule has 3 amide bonds. The monoisotopic (exact) mass is 324 g/mol. The van der Waals surface area contributed by atoms with Gasteiger partial charge in [0.05, 0.1) is 18.2 Å². The van der Waals surface area contributed by atoms with Gasteiger partial charge in [-0.25, -0.2) is 4.79 Å². The maximum Gasteiger partial charge on any atom is 0.319 e. The predicted octanol–water partition coefficient (Wildman–Crippen LogP) is 2.03. The second-order valence-electron chi connectivity index (χ2n) is 6.46. The SMILES string of the molecule is CC1=C(C(=O)N2CCc3c([nH]c4ccccc34)C2)[C@H](C)NC(=O)N1. The molecule has 4 rings (SSSR count). The van der Waals surface area contributed by atoms with Crippen LogP contribution in [0.3, 0.4) is 0 Å². The maximum atomic E-state index is 13.0. The first-order valence-corrected chi connectivity index (χ1v) is 8.20. The number of fused-ring (bicyclic) bond motifs is 3. The summed E-state index contributed by atoms with van der Waals surface area (Å²) in [5, 5.41) is 6.70. The van der Waals surface area contributed by atoms with Gasteiger partial charge in [0.15, 0.2) is 0 Å². The fourth-order valence-electron chi connectivity index (χ4n) is 3.75. The van der Waals surface area contributed by atoms with Crippen LogP contribution in [0.4, 0.5) is 4.79 Å². The van der Waals surface area contributed by atoms with Crippen molar-refractivity contribution < 1.29 is 9.59 Å². The Morgan fingerprint density at radius 1 is 1.29 bits per heavy atom. The second-order valence-corrected chi connectivity index (χ2v) is 6.46. The van der Waals surface area contributed by atoms with Gasteiger partial charge in [-0.3, -0.25) is 4.79 Å². The predicted molar refractivity (Wildman–Crippen MR) is 91.2 cm³/mol. The van der Waals surface area contributed by atoms with Gasteiger partial charge in [-0.15, -0.1) is 0 Å². The Morgan fingerprint density at radius 3 is 2.88 bits per heavy atom. The van der Waals surface area contributed by atoms with Crippen molar-refractivity contribution in [1.82, 2.24) is 20.5 Å². The van der Waals surface area contributed by atoms with Crippen molar-refractivity contribution in [2.45, 2.75) is 32.9 Å². The van der Waals surface area contributed by atoms with E-state index in [1.165, 1.54) is 10.9 Å². The number of urea groups is 1. The lowest BCUT2D eigenvalue weighted by molar-refractivity contribution is -0.128. The molecule has 2 aliphatic rings. The Bertz CT molecular complexity index is 880. The smallest absolute Gasteiger partial charge is 0.319 e. The van der Waals surface area contributed by atoms with E-state index in [-0.39, 0.29) is 18.0 Å². The number of amides is 3. The van der Waals surface area contributed by atoms with Crippen LogP contribution in [0.1, 0.15) is 25.1 Å². The second kappa shape index (κ2) is 5.40. The summed E-state index contributed by atoms with van der Waals surface area (Å²) in [7, 11) is 0. The third-order valence-corrected chi connectivity index (χ3v) is 4.89. The molecule has 0 spiro atoms. The normalized spacial score (nSPS) is 20.7. The molecule has 0 saturated carbocycles. The summed E-state index contributed by atoms with van der Waals surface area (Å²) in [5.74, 6) is -0.0168. The minimum atomic E-state index is -0.282. The Balaban J connectivity index is 1.64. The highest BCUT2D eigenvalue weighted by atomic mass is 16.2. The molecule has 0 aliphatic carbocycles. The molecule has 2 aliphatic heterocycles. The number of H-pyrrole nitrogens is 1. The molecule has 1 aromatic carbocycles. The molecule has 1 atom stereocenters. The van der Waals surface area contributed by atoms with Crippen molar-refractivity contribution >= 4 is 22.8 Å². The van der Waals surface area contributed by atoms with Crippen LogP contribution in [-0.4, -0.2) is 34.4 Å². The maximum absolute atomic E-state index is 13.0. The van der Waals surface area contributed by atoms with Crippen LogP contribution in [0.25, 0.3) is 10.9 Å². The van der Waals surface area contributed by atoms with E-state index in [9.17, 15) is 9.59 Å². The van der Waals surface area contributed by atoms with E-state index in [4.69, 9.17) is 0 Å². The number of benzene rings is 1. The van der Waals surface area contributed by atoms with E-state index in [0.29, 0.717) is 24.4 Å². The molecule has 6 heteroatoms. The van der Waals surface area contributed by atoms with Gasteiger partial charge >= 0.3 is 6.03 Å². The Hall–Kier alpha value is -2.76. The van der Waals surface area contributed by atoms with Crippen LogP contribution < -0.4 is 10.6 Å². The van der Waals surface area contributed by atoms with E-state index in [1.807, 2.05) is 24.0 Å². The van der Waals surface area contributed by atoms with Crippen molar-refractivity contribution in [2.75, 3.05) is 6.54 Å². The van der Waals surface area contributed by atoms with E-state index in [0.717, 1.165) is 17.6 Å². The van der Waals surface area contributed by atoms with Gasteiger partial charge in [0.1, 0.15) is 0 Å². The fraction of sp³-hybridized carbons (Fsp3) is 0.333. The summed E-state index contributed by atoms with van der Waals surface area (Å²) in [6.45, 7) is 4.87. The number of carbonyl (C=O) groups excluding carboxylic acids is 2. The molecule has 2 aromatic rings. The zero-order valence-corrected chi connectivity index (χ0v) is 13.8. The number of allylic oxidation sites excluding steroid dienone is 1. The van der Waals surface area contributed by atoms with Gasteiger partial charge in [0, 0.05) is 28.8 Å². The van der Waals surface area contributed by atoms with Crippen molar-refractivity contribution in [3.8, 4) is 0 Å². The molecule has 0 unspecified atom stereocenters. The molecular formula is C18H20N4O2. The standard InChI is InChI=1S/C18H20N4O2/c1-10-16(11(2)20-18(24)19-10)17(23)22-8-7-13-12-5-3-4-6-14(12)21-15(13)9-22/h3-6,10,21H,7-9H2,1-2H3,(H2,19,20,24)/t10-/m0/s1. The minimum Gasteiger partial charge on any atom is -0.357 e. The molecule has 3 N–H and O–H groups in total. The largest absolute Gasteiger partial charge is 0.357 e. The molecule has 6 nitrogen and oxygen atoms in total. The van der Waals surface area contributed by atoms with Crippen LogP contribution in [0.5, 0.6) is 0 Å². The van der Waals surface area contributed by atoms with Gasteiger partial charge in [-0.05, 0) is 31.9 Å². The van der Waals surface area contributed by atoms with Gasteiger partial charge in [0.25, 0.3) is 5.91 Å². The number of carbonyl (C=O) groups is 2. The van der Waals surface area contributed by atoms with Gasteiger partial charge in [-0.1, -0.05) is 18.2 Å². The highest BCUT2D eigenvalue weighted by Crippen LogP contribution is 2.28. The molecule has 0 radical (unpaired) electrons. The molecule has 0 fully saturated rings. The molecule has 124 valence electrons. The highest BCUT2D eigenvalue weighted by Gasteiger charge is 2.32. The lowest BCUT2D eigenvalue weighted by Gasteiger charge is -2.32. The molecule has 0 bridgehead atoms. The summed E-state index contributed by atoms with van der Waals surface area (Å²) in [6, 6.07) is 7.70. The minimum absolute atomic E-state index is 0.0168. The Kier molecular flexibility index (Phi) is 3.33. The number of hydrogen-bond donors (Lipinski definition) is 3.